The van der Waals surface area contributed by atoms with E-state index in [0.717, 1.165) is 18.7 Å². The number of benzene rings is 1. The van der Waals surface area contributed by atoms with Crippen LogP contribution in [0.3, 0.4) is 0 Å². The van der Waals surface area contributed by atoms with Gasteiger partial charge in [0.05, 0.1) is 6.61 Å². The summed E-state index contributed by atoms with van der Waals surface area (Å²) in [5.74, 6) is 2.00. The van der Waals surface area contributed by atoms with Gasteiger partial charge in [-0.15, -0.1) is 12.4 Å². The van der Waals surface area contributed by atoms with Gasteiger partial charge in [0.2, 0.25) is 11.6 Å². The Morgan fingerprint density at radius 3 is 2.74 bits per heavy atom. The van der Waals surface area contributed by atoms with Crippen molar-refractivity contribution in [3.63, 3.8) is 0 Å². The Balaban J connectivity index is 0.00000261. The molecular formula is C18H28ClN5O2S. The molecule has 1 aliphatic heterocycles. The van der Waals surface area contributed by atoms with E-state index in [-0.39, 0.29) is 12.4 Å². The van der Waals surface area contributed by atoms with Gasteiger partial charge in [-0.3, -0.25) is 4.90 Å². The zero-order valence-electron chi connectivity index (χ0n) is 15.6. The first kappa shape index (κ1) is 21.7. The van der Waals surface area contributed by atoms with E-state index in [4.69, 9.17) is 4.74 Å². The molecule has 1 aliphatic rings. The summed E-state index contributed by atoms with van der Waals surface area (Å²) in [6, 6.07) is 8.37. The van der Waals surface area contributed by atoms with Gasteiger partial charge in [0, 0.05) is 28.9 Å². The van der Waals surface area contributed by atoms with Crippen LogP contribution < -0.4 is 15.4 Å². The number of ether oxygens (including phenoxy) is 1. The lowest BCUT2D eigenvalue weighted by Crippen LogP contribution is -2.29. The molecule has 0 saturated carbocycles. The van der Waals surface area contributed by atoms with Crippen LogP contribution in [-0.2, 0) is 6.54 Å². The van der Waals surface area contributed by atoms with Crippen LogP contribution >= 0.6 is 23.5 Å². The van der Waals surface area contributed by atoms with Crippen molar-refractivity contribution in [2.24, 2.45) is 0 Å². The molecule has 1 saturated heterocycles. The number of rotatable bonds is 9. The van der Waals surface area contributed by atoms with Crippen molar-refractivity contribution in [1.82, 2.24) is 13.6 Å². The molecule has 1 aromatic heterocycles. The van der Waals surface area contributed by atoms with Crippen LogP contribution in [0.1, 0.15) is 31.2 Å². The Labute approximate surface area is 170 Å². The van der Waals surface area contributed by atoms with Crippen LogP contribution in [0.5, 0.6) is 5.75 Å². The molecule has 0 spiro atoms. The van der Waals surface area contributed by atoms with Crippen LogP contribution in [0.4, 0.5) is 11.6 Å². The Morgan fingerprint density at radius 2 is 1.96 bits per heavy atom. The molecular weight excluding hydrogens is 386 g/mol. The van der Waals surface area contributed by atoms with Gasteiger partial charge >= 0.3 is 0 Å². The van der Waals surface area contributed by atoms with Crippen LogP contribution in [0.2, 0.25) is 0 Å². The maximum Gasteiger partial charge on any atom is 0.232 e. The summed E-state index contributed by atoms with van der Waals surface area (Å²) in [4.78, 5) is 2.51. The van der Waals surface area contributed by atoms with Crippen LogP contribution in [0.25, 0.3) is 0 Å². The molecule has 0 bridgehead atoms. The summed E-state index contributed by atoms with van der Waals surface area (Å²) in [7, 11) is 1.73. The van der Waals surface area contributed by atoms with E-state index >= 15 is 0 Å². The third-order valence-corrected chi connectivity index (χ3v) is 5.11. The monoisotopic (exact) mass is 413 g/mol. The normalized spacial score (nSPS) is 15.1. The number of anilines is 2. The molecule has 1 unspecified atom stereocenters. The second-order valence-corrected chi connectivity index (χ2v) is 7.30. The number of piperidine rings is 1. The minimum Gasteiger partial charge on any atom is -0.546 e. The number of halogens is 1. The highest BCUT2D eigenvalue weighted by Gasteiger charge is 2.13. The van der Waals surface area contributed by atoms with Crippen LogP contribution in [0, 0.1) is 0 Å². The van der Waals surface area contributed by atoms with E-state index in [9.17, 15) is 4.55 Å². The Morgan fingerprint density at radius 1 is 1.19 bits per heavy atom. The standard InChI is InChI=1S/C18H27N5O2S.ClH/c1-19-17-18(22-26(24)21-17)20-9-6-12-25-16-8-5-7-15(13-16)14-23-10-3-2-4-11-23;/h5,7-8,13H,2-4,6,9-12,14H2,1H3,(H,19,21)(H,20,22);1H. The molecule has 2 N–H and O–H groups in total. The zero-order valence-corrected chi connectivity index (χ0v) is 17.3. The average Bonchev–Trinajstić information content (AvgIpc) is 3.02. The molecule has 9 heteroatoms. The predicted octanol–water partition coefficient (Wildman–Crippen LogP) is 3.53. The summed E-state index contributed by atoms with van der Waals surface area (Å²) in [6.07, 6.45) is 4.79. The molecule has 27 heavy (non-hydrogen) atoms. The van der Waals surface area contributed by atoms with E-state index in [0.29, 0.717) is 24.8 Å². The maximum absolute atomic E-state index is 11.3. The molecule has 1 fully saturated rings. The Kier molecular flexibility index (Phi) is 9.06. The molecule has 0 amide bonds. The highest BCUT2D eigenvalue weighted by atomic mass is 35.5. The number of nitrogens with zero attached hydrogens (tertiary/aromatic N) is 3. The third kappa shape index (κ3) is 6.80. The van der Waals surface area contributed by atoms with E-state index < -0.39 is 11.1 Å². The zero-order chi connectivity index (χ0) is 18.2. The van der Waals surface area contributed by atoms with E-state index in [1.54, 1.807) is 7.05 Å². The molecule has 1 atom stereocenters. The maximum atomic E-state index is 11.3. The Bertz CT molecular complexity index is 694. The van der Waals surface area contributed by atoms with Crippen molar-refractivity contribution in [3.8, 4) is 5.75 Å². The van der Waals surface area contributed by atoms with Gasteiger partial charge in [0.25, 0.3) is 0 Å². The van der Waals surface area contributed by atoms with Gasteiger partial charge in [-0.2, -0.15) is 0 Å². The smallest absolute Gasteiger partial charge is 0.232 e. The summed E-state index contributed by atoms with van der Waals surface area (Å²) < 4.78 is 25.0. The fourth-order valence-electron chi connectivity index (χ4n) is 3.12. The SMILES string of the molecule is CNc1n[s+]([O-])nc1NCCCOc1cccc(CN2CCCCC2)c1.Cl. The third-order valence-electron chi connectivity index (χ3n) is 4.44. The minimum absolute atomic E-state index is 0. The highest BCUT2D eigenvalue weighted by Crippen LogP contribution is 2.22. The van der Waals surface area contributed by atoms with E-state index in [1.807, 2.05) is 6.07 Å². The lowest BCUT2D eigenvalue weighted by atomic mass is 10.1. The van der Waals surface area contributed by atoms with Crippen molar-refractivity contribution in [2.75, 3.05) is 43.9 Å². The Hall–Kier alpha value is -1.61. The van der Waals surface area contributed by atoms with Gasteiger partial charge in [0.15, 0.2) is 11.1 Å². The molecule has 0 radical (unpaired) electrons. The molecule has 2 aromatic rings. The largest absolute Gasteiger partial charge is 0.546 e. The van der Waals surface area contributed by atoms with E-state index in [1.165, 1.54) is 37.9 Å². The molecule has 1 aromatic carbocycles. The fraction of sp³-hybridized carbons (Fsp3) is 0.556. The molecule has 3 rings (SSSR count). The lowest BCUT2D eigenvalue weighted by molar-refractivity contribution is 0.220. The second-order valence-electron chi connectivity index (χ2n) is 6.47. The molecule has 7 nitrogen and oxygen atoms in total. The van der Waals surface area contributed by atoms with Crippen molar-refractivity contribution < 1.29 is 9.29 Å². The molecule has 150 valence electrons. The quantitative estimate of drug-likeness (QED) is 0.480. The van der Waals surface area contributed by atoms with Crippen molar-refractivity contribution in [2.45, 2.75) is 32.2 Å². The lowest BCUT2D eigenvalue weighted by Gasteiger charge is -2.26. The summed E-state index contributed by atoms with van der Waals surface area (Å²) in [6.45, 7) is 4.70. The summed E-state index contributed by atoms with van der Waals surface area (Å²) in [5, 5.41) is 6.02. The van der Waals surface area contributed by atoms with Gasteiger partial charge in [-0.1, -0.05) is 18.6 Å². The number of aromatic nitrogens is 2. The predicted molar refractivity (Wildman–Crippen MR) is 112 cm³/mol. The fourth-order valence-corrected chi connectivity index (χ4v) is 3.80. The van der Waals surface area contributed by atoms with Gasteiger partial charge in [-0.05, 0) is 50.0 Å². The van der Waals surface area contributed by atoms with Gasteiger partial charge in [-0.25, -0.2) is 0 Å². The number of likely N-dealkylation sites (tertiary alicyclic amines) is 1. The number of hydrogen-bond acceptors (Lipinski definition) is 7. The number of hydrogen-bond donors (Lipinski definition) is 2. The second kappa shape index (κ2) is 11.3. The first-order chi connectivity index (χ1) is 12.7. The van der Waals surface area contributed by atoms with Crippen LogP contribution in [0.15, 0.2) is 24.3 Å². The van der Waals surface area contributed by atoms with Crippen molar-refractivity contribution >= 4 is 35.2 Å². The highest BCUT2D eigenvalue weighted by molar-refractivity contribution is 7.14. The summed E-state index contributed by atoms with van der Waals surface area (Å²) >= 11 is -1.51. The number of nitrogens with one attached hydrogen (secondary N) is 2. The van der Waals surface area contributed by atoms with Gasteiger partial charge in [0.1, 0.15) is 5.75 Å². The minimum atomic E-state index is -1.51. The van der Waals surface area contributed by atoms with Crippen molar-refractivity contribution in [3.05, 3.63) is 29.8 Å². The van der Waals surface area contributed by atoms with E-state index in [2.05, 4.69) is 42.5 Å². The van der Waals surface area contributed by atoms with Crippen LogP contribution in [-0.4, -0.2) is 51.5 Å². The first-order valence-electron chi connectivity index (χ1n) is 9.20. The topological polar surface area (TPSA) is 85.4 Å². The molecule has 0 aliphatic carbocycles. The molecule has 2 heterocycles. The van der Waals surface area contributed by atoms with Crippen molar-refractivity contribution in [1.29, 1.82) is 0 Å². The average molecular weight is 414 g/mol. The van der Waals surface area contributed by atoms with Gasteiger partial charge < -0.3 is 19.9 Å². The summed E-state index contributed by atoms with van der Waals surface area (Å²) in [5.41, 5.74) is 1.31. The first-order valence-corrected chi connectivity index (χ1v) is 10.3.